The summed E-state index contributed by atoms with van der Waals surface area (Å²) in [4.78, 5) is 26.5. The second-order valence-corrected chi connectivity index (χ2v) is 5.64. The molecule has 2 rings (SSSR count). The van der Waals surface area contributed by atoms with Gasteiger partial charge in [0.15, 0.2) is 5.78 Å². The Morgan fingerprint density at radius 3 is 2.61 bits per heavy atom. The Hall–Kier alpha value is -2.14. The Bertz CT molecular complexity index is 750. The number of nitrogens with zero attached hydrogens (tertiary/aromatic N) is 1. The van der Waals surface area contributed by atoms with Gasteiger partial charge in [0.1, 0.15) is 22.9 Å². The van der Waals surface area contributed by atoms with E-state index in [1.165, 1.54) is 6.92 Å². The third-order valence-corrected chi connectivity index (χ3v) is 4.05. The quantitative estimate of drug-likeness (QED) is 0.794. The minimum absolute atomic E-state index is 0.0363. The monoisotopic (exact) mass is 317 g/mol. The standard InChI is InChI=1S/C18H23NO4/c1-4-6-11-19(5-2)16(12(3)20)15-17(21)13-9-7-8-10-14(13)23-18(15)22/h7-10,16,21H,4-6,11H2,1-3H3. The van der Waals surface area contributed by atoms with Crippen molar-refractivity contribution in [2.75, 3.05) is 13.1 Å². The Labute approximate surface area is 135 Å². The van der Waals surface area contributed by atoms with Crippen LogP contribution in [-0.2, 0) is 4.79 Å². The molecular weight excluding hydrogens is 294 g/mol. The highest BCUT2D eigenvalue weighted by molar-refractivity contribution is 5.89. The molecule has 1 heterocycles. The molecular formula is C18H23NO4. The van der Waals surface area contributed by atoms with E-state index in [-0.39, 0.29) is 17.1 Å². The van der Waals surface area contributed by atoms with E-state index in [2.05, 4.69) is 6.92 Å². The summed E-state index contributed by atoms with van der Waals surface area (Å²) in [5.41, 5.74) is -0.303. The van der Waals surface area contributed by atoms with Crippen LogP contribution in [0.15, 0.2) is 33.5 Å². The summed E-state index contributed by atoms with van der Waals surface area (Å²) in [6.07, 6.45) is 1.90. The number of rotatable bonds is 7. The summed E-state index contributed by atoms with van der Waals surface area (Å²) in [5, 5.41) is 11.0. The molecule has 0 amide bonds. The highest BCUT2D eigenvalue weighted by atomic mass is 16.4. The van der Waals surface area contributed by atoms with Crippen LogP contribution >= 0.6 is 0 Å². The molecule has 1 aromatic heterocycles. The lowest BCUT2D eigenvalue weighted by Gasteiger charge is -2.28. The van der Waals surface area contributed by atoms with Crippen LogP contribution in [0.3, 0.4) is 0 Å². The molecule has 5 nitrogen and oxygen atoms in total. The van der Waals surface area contributed by atoms with Gasteiger partial charge in [-0.15, -0.1) is 0 Å². The van der Waals surface area contributed by atoms with Gasteiger partial charge < -0.3 is 9.52 Å². The summed E-state index contributed by atoms with van der Waals surface area (Å²) in [7, 11) is 0. The van der Waals surface area contributed by atoms with Gasteiger partial charge in [0.25, 0.3) is 0 Å². The number of benzene rings is 1. The van der Waals surface area contributed by atoms with Gasteiger partial charge in [0.05, 0.1) is 5.39 Å². The molecule has 124 valence electrons. The smallest absolute Gasteiger partial charge is 0.345 e. The van der Waals surface area contributed by atoms with E-state index in [9.17, 15) is 14.7 Å². The number of unbranched alkanes of at least 4 members (excludes halogenated alkanes) is 1. The van der Waals surface area contributed by atoms with Crippen molar-refractivity contribution in [3.8, 4) is 5.75 Å². The van der Waals surface area contributed by atoms with Gasteiger partial charge in [-0.2, -0.15) is 0 Å². The topological polar surface area (TPSA) is 70.8 Å². The number of carbonyl (C=O) groups excluding carboxylic acids is 1. The average molecular weight is 317 g/mol. The van der Waals surface area contributed by atoms with E-state index in [4.69, 9.17) is 4.42 Å². The molecule has 0 spiro atoms. The maximum absolute atomic E-state index is 12.4. The van der Waals surface area contributed by atoms with Crippen molar-refractivity contribution in [1.29, 1.82) is 0 Å². The summed E-state index contributed by atoms with van der Waals surface area (Å²) >= 11 is 0. The van der Waals surface area contributed by atoms with Crippen LogP contribution < -0.4 is 5.63 Å². The van der Waals surface area contributed by atoms with Crippen LogP contribution in [0.2, 0.25) is 0 Å². The zero-order chi connectivity index (χ0) is 17.0. The van der Waals surface area contributed by atoms with E-state index in [0.29, 0.717) is 24.1 Å². The maximum Gasteiger partial charge on any atom is 0.345 e. The Kier molecular flexibility index (Phi) is 5.55. The number of hydrogen-bond acceptors (Lipinski definition) is 5. The number of aromatic hydroxyl groups is 1. The largest absolute Gasteiger partial charge is 0.507 e. The number of para-hydroxylation sites is 1. The third-order valence-electron chi connectivity index (χ3n) is 4.05. The lowest BCUT2D eigenvalue weighted by molar-refractivity contribution is -0.122. The van der Waals surface area contributed by atoms with Crippen molar-refractivity contribution in [3.05, 3.63) is 40.2 Å². The zero-order valence-electron chi connectivity index (χ0n) is 13.8. The van der Waals surface area contributed by atoms with Gasteiger partial charge in [0, 0.05) is 0 Å². The molecule has 0 saturated carbocycles. The number of fused-ring (bicyclic) bond motifs is 1. The molecule has 0 aliphatic rings. The highest BCUT2D eigenvalue weighted by Gasteiger charge is 2.30. The average Bonchev–Trinajstić information content (AvgIpc) is 2.53. The fourth-order valence-corrected chi connectivity index (χ4v) is 2.86. The highest BCUT2D eigenvalue weighted by Crippen LogP contribution is 2.33. The number of likely N-dealkylation sites (N-methyl/N-ethyl adjacent to an activating group) is 1. The van der Waals surface area contributed by atoms with Gasteiger partial charge in [-0.25, -0.2) is 4.79 Å². The molecule has 0 aliphatic carbocycles. The van der Waals surface area contributed by atoms with Crippen molar-refractivity contribution in [2.24, 2.45) is 0 Å². The number of hydrogen-bond donors (Lipinski definition) is 1. The molecule has 0 fully saturated rings. The van der Waals surface area contributed by atoms with Crippen molar-refractivity contribution < 1.29 is 14.3 Å². The van der Waals surface area contributed by atoms with Crippen molar-refractivity contribution in [2.45, 2.75) is 39.7 Å². The van der Waals surface area contributed by atoms with Crippen LogP contribution in [0.25, 0.3) is 11.0 Å². The first-order chi connectivity index (χ1) is 11.0. The summed E-state index contributed by atoms with van der Waals surface area (Å²) in [6, 6.07) is 6.00. The summed E-state index contributed by atoms with van der Waals surface area (Å²) in [6.45, 7) is 6.73. The molecule has 1 aromatic carbocycles. The van der Waals surface area contributed by atoms with Crippen molar-refractivity contribution >= 4 is 16.8 Å². The van der Waals surface area contributed by atoms with Gasteiger partial charge in [-0.3, -0.25) is 9.69 Å². The van der Waals surface area contributed by atoms with Crippen molar-refractivity contribution in [1.82, 2.24) is 4.90 Å². The van der Waals surface area contributed by atoms with Crippen LogP contribution in [0.5, 0.6) is 5.75 Å². The van der Waals surface area contributed by atoms with E-state index in [0.717, 1.165) is 12.8 Å². The first-order valence-corrected chi connectivity index (χ1v) is 8.00. The Morgan fingerprint density at radius 1 is 1.30 bits per heavy atom. The number of Topliss-reactive ketones (excluding diaryl/α,β-unsaturated/α-hetero) is 1. The second kappa shape index (κ2) is 7.42. The van der Waals surface area contributed by atoms with Crippen molar-refractivity contribution in [3.63, 3.8) is 0 Å². The van der Waals surface area contributed by atoms with E-state index in [1.54, 1.807) is 24.3 Å². The molecule has 0 bridgehead atoms. The second-order valence-electron chi connectivity index (χ2n) is 5.64. The predicted molar refractivity (Wildman–Crippen MR) is 89.7 cm³/mol. The molecule has 1 unspecified atom stereocenters. The number of ketones is 1. The molecule has 0 radical (unpaired) electrons. The van der Waals surface area contributed by atoms with E-state index >= 15 is 0 Å². The molecule has 1 atom stereocenters. The Morgan fingerprint density at radius 2 is 2.00 bits per heavy atom. The van der Waals surface area contributed by atoms with E-state index < -0.39 is 11.7 Å². The minimum atomic E-state index is -0.785. The minimum Gasteiger partial charge on any atom is -0.507 e. The van der Waals surface area contributed by atoms with Crippen LogP contribution in [-0.4, -0.2) is 28.9 Å². The van der Waals surface area contributed by atoms with Gasteiger partial charge in [-0.1, -0.05) is 32.4 Å². The molecule has 0 aliphatic heterocycles. The maximum atomic E-state index is 12.4. The third kappa shape index (κ3) is 3.45. The van der Waals surface area contributed by atoms with Crippen LogP contribution in [0, 0.1) is 0 Å². The lowest BCUT2D eigenvalue weighted by atomic mass is 10.00. The first-order valence-electron chi connectivity index (χ1n) is 8.00. The predicted octanol–water partition coefficient (Wildman–Crippen LogP) is 3.25. The van der Waals surface area contributed by atoms with E-state index in [1.807, 2.05) is 11.8 Å². The normalized spacial score (nSPS) is 12.7. The number of carbonyl (C=O) groups is 1. The summed E-state index contributed by atoms with van der Waals surface area (Å²) in [5.74, 6) is -0.340. The summed E-state index contributed by atoms with van der Waals surface area (Å²) < 4.78 is 5.31. The molecule has 23 heavy (non-hydrogen) atoms. The molecule has 0 saturated heterocycles. The fraction of sp³-hybridized carbons (Fsp3) is 0.444. The van der Waals surface area contributed by atoms with Gasteiger partial charge >= 0.3 is 5.63 Å². The molecule has 5 heteroatoms. The van der Waals surface area contributed by atoms with Crippen LogP contribution in [0.4, 0.5) is 0 Å². The molecule has 2 aromatic rings. The van der Waals surface area contributed by atoms with Crippen LogP contribution in [0.1, 0.15) is 45.2 Å². The van der Waals surface area contributed by atoms with Gasteiger partial charge in [0.2, 0.25) is 0 Å². The molecule has 1 N–H and O–H groups in total. The fourth-order valence-electron chi connectivity index (χ4n) is 2.86. The first kappa shape index (κ1) is 17.2. The van der Waals surface area contributed by atoms with Gasteiger partial charge in [-0.05, 0) is 38.6 Å². The lowest BCUT2D eigenvalue weighted by Crippen LogP contribution is -2.36. The Balaban J connectivity index is 2.61. The SMILES string of the molecule is CCCCN(CC)C(C(C)=O)c1c(O)c2ccccc2oc1=O. The zero-order valence-corrected chi connectivity index (χ0v) is 13.8.